The number of urea groups is 1. The molecule has 3 N–H and O–H groups in total. The molecule has 5 aliphatic rings. The van der Waals surface area contributed by atoms with Gasteiger partial charge in [-0.3, -0.25) is 29.6 Å². The smallest absolute Gasteiger partial charge is 0.328 e. The van der Waals surface area contributed by atoms with Crippen molar-refractivity contribution in [2.75, 3.05) is 88.4 Å². The van der Waals surface area contributed by atoms with Crippen LogP contribution in [0.2, 0.25) is 0 Å². The van der Waals surface area contributed by atoms with Gasteiger partial charge in [-0.15, -0.1) is 6.42 Å². The molecule has 4 amide bonds. The molecule has 16 nitrogen and oxygen atoms in total. The fraction of sp³-hybridized carbons (Fsp3) is 0.482. The van der Waals surface area contributed by atoms with Crippen LogP contribution in [0.1, 0.15) is 86.7 Å². The number of hydrogen-bond donors (Lipinski definition) is 3. The zero-order valence-electron chi connectivity index (χ0n) is 42.3. The first-order chi connectivity index (χ1) is 35.5. The van der Waals surface area contributed by atoms with E-state index in [1.165, 1.54) is 35.4 Å². The van der Waals surface area contributed by atoms with Crippen LogP contribution in [0.15, 0.2) is 48.7 Å². The summed E-state index contributed by atoms with van der Waals surface area (Å²) in [5.41, 5.74) is 0.287. The molecule has 3 atom stereocenters. The van der Waals surface area contributed by atoms with Crippen molar-refractivity contribution in [2.45, 2.75) is 77.7 Å². The predicted octanol–water partition coefficient (Wildman–Crippen LogP) is 6.84. The minimum atomic E-state index is -1.00. The summed E-state index contributed by atoms with van der Waals surface area (Å²) in [6, 6.07) is 10.2. The number of benzene rings is 3. The number of hydrogen-bond acceptors (Lipinski definition) is 13. The fourth-order valence-corrected chi connectivity index (χ4v) is 11.9. The summed E-state index contributed by atoms with van der Waals surface area (Å²) in [5, 5.41) is 25.0. The van der Waals surface area contributed by atoms with Crippen LogP contribution in [0.3, 0.4) is 0 Å². The highest BCUT2D eigenvalue weighted by Crippen LogP contribution is 2.45. The lowest BCUT2D eigenvalue weighted by Crippen LogP contribution is -2.51. The number of fused-ring (bicyclic) bond motifs is 2. The Bertz CT molecular complexity index is 3090. The highest BCUT2D eigenvalue weighted by atomic mass is 19.1. The minimum Gasteiger partial charge on any atom is -0.508 e. The molecule has 1 spiro atoms. The molecule has 10 rings (SSSR count). The number of nitrogens with one attached hydrogen (secondary N) is 1. The van der Waals surface area contributed by atoms with Gasteiger partial charge in [0.2, 0.25) is 5.91 Å². The number of aromatic nitrogens is 3. The summed E-state index contributed by atoms with van der Waals surface area (Å²) in [6.07, 6.45) is 12.3. The Morgan fingerprint density at radius 2 is 1.74 bits per heavy atom. The van der Waals surface area contributed by atoms with Crippen molar-refractivity contribution < 1.29 is 42.9 Å². The molecular formula is C56H63F2N9O7. The number of amides is 4. The third kappa shape index (κ3) is 10.2. The maximum atomic E-state index is 17.0. The molecule has 5 fully saturated rings. The molecule has 1 aliphatic carbocycles. The van der Waals surface area contributed by atoms with E-state index >= 15 is 8.78 Å². The zero-order chi connectivity index (χ0) is 52.1. The van der Waals surface area contributed by atoms with Crippen molar-refractivity contribution in [3.63, 3.8) is 0 Å². The number of phenols is 1. The van der Waals surface area contributed by atoms with Gasteiger partial charge in [0, 0.05) is 125 Å². The molecule has 2 aromatic heterocycles. The second kappa shape index (κ2) is 20.5. The number of carbonyl (C=O) groups excluding carboxylic acids is 4. The SMILES string of the molecule is C#Cc1c(F)ccc2cc(O)cc(-c3ncc4c(N5CCC[C@@](C)(O)C5)nc(OC[C@H](C)CN5CCN(CC6CCC7(CCN(C(=O)c8ccc(C)c(N9CCC(=O)NC9=O)c8)CC7)C(=O)C6)CC5)nc4c3F)c12. The molecule has 6 heterocycles. The van der Waals surface area contributed by atoms with Crippen LogP contribution in [0.25, 0.3) is 32.9 Å². The number of terminal acetylenes is 1. The number of phenolic OH excluding ortho intramolecular Hbond substituents is 1. The van der Waals surface area contributed by atoms with Gasteiger partial charge >= 0.3 is 12.0 Å². The van der Waals surface area contributed by atoms with Gasteiger partial charge in [0.1, 0.15) is 34.4 Å². The van der Waals surface area contributed by atoms with Gasteiger partial charge in [0.25, 0.3) is 5.91 Å². The Kier molecular flexibility index (Phi) is 14.0. The number of halogens is 2. The second-order valence-corrected chi connectivity index (χ2v) is 21.6. The van der Waals surface area contributed by atoms with E-state index in [1.54, 1.807) is 19.1 Å². The maximum Gasteiger partial charge on any atom is 0.328 e. The number of pyridine rings is 1. The van der Waals surface area contributed by atoms with Gasteiger partial charge in [0.05, 0.1) is 23.2 Å². The highest BCUT2D eigenvalue weighted by Gasteiger charge is 2.46. The fourth-order valence-electron chi connectivity index (χ4n) is 11.9. The van der Waals surface area contributed by atoms with Crippen molar-refractivity contribution in [3.8, 4) is 35.4 Å². The van der Waals surface area contributed by atoms with E-state index in [9.17, 15) is 29.4 Å². The van der Waals surface area contributed by atoms with Gasteiger partial charge < -0.3 is 34.5 Å². The number of aliphatic hydroxyl groups is 1. The number of Topliss-reactive ketones (excluding diaryl/α,β-unsaturated/α-hetero) is 1. The number of piperidine rings is 2. The van der Waals surface area contributed by atoms with E-state index in [-0.39, 0.29) is 89.3 Å². The molecule has 4 saturated heterocycles. The van der Waals surface area contributed by atoms with Crippen LogP contribution in [-0.2, 0) is 9.59 Å². The summed E-state index contributed by atoms with van der Waals surface area (Å²) < 4.78 is 38.3. The largest absolute Gasteiger partial charge is 0.508 e. The number of β-amino-alcohol motifs (C(OH)–C–C–N with tert-alkyl or cyclic N) is 1. The normalized spacial score (nSPS) is 22.3. The monoisotopic (exact) mass is 1010 g/mol. The van der Waals surface area contributed by atoms with Crippen LogP contribution < -0.4 is 19.9 Å². The molecule has 5 aromatic rings. The molecule has 0 radical (unpaired) electrons. The Labute approximate surface area is 429 Å². The van der Waals surface area contributed by atoms with Crippen LogP contribution in [0, 0.1) is 48.2 Å². The van der Waals surface area contributed by atoms with Gasteiger partial charge in [-0.25, -0.2) is 13.6 Å². The number of anilines is 2. The molecule has 1 saturated carbocycles. The minimum absolute atomic E-state index is 0.0349. The number of ether oxygens (including phenoxy) is 1. The lowest BCUT2D eigenvalue weighted by atomic mass is 9.64. The first kappa shape index (κ1) is 50.7. The van der Waals surface area contributed by atoms with E-state index in [4.69, 9.17) is 16.1 Å². The van der Waals surface area contributed by atoms with Gasteiger partial charge in [-0.05, 0) is 99.6 Å². The number of aromatic hydroxyl groups is 1. The van der Waals surface area contributed by atoms with Crippen LogP contribution in [0.4, 0.5) is 25.1 Å². The van der Waals surface area contributed by atoms with Crippen molar-refractivity contribution in [3.05, 3.63) is 77.0 Å². The Balaban J connectivity index is 0.737. The van der Waals surface area contributed by atoms with Crippen molar-refractivity contribution in [2.24, 2.45) is 17.3 Å². The van der Waals surface area contributed by atoms with Gasteiger partial charge in [-0.1, -0.05) is 25.0 Å². The summed E-state index contributed by atoms with van der Waals surface area (Å²) >= 11 is 0. The number of aryl methyl sites for hydroxylation is 1. The first-order valence-corrected chi connectivity index (χ1v) is 25.9. The molecule has 74 heavy (non-hydrogen) atoms. The van der Waals surface area contributed by atoms with E-state index in [0.717, 1.165) is 57.7 Å². The van der Waals surface area contributed by atoms with E-state index in [2.05, 4.69) is 37.9 Å². The van der Waals surface area contributed by atoms with E-state index < -0.39 is 28.7 Å². The number of ketones is 1. The molecular weight excluding hydrogens is 949 g/mol. The first-order valence-electron chi connectivity index (χ1n) is 25.9. The quantitative estimate of drug-likeness (QED) is 0.117. The lowest BCUT2D eigenvalue weighted by Gasteiger charge is -2.45. The van der Waals surface area contributed by atoms with Crippen LogP contribution in [-0.4, -0.2) is 148 Å². The number of nitrogens with zero attached hydrogens (tertiary/aromatic N) is 8. The number of likely N-dealkylation sites (tertiary alicyclic amines) is 1. The summed E-state index contributed by atoms with van der Waals surface area (Å²) in [5.74, 6) is 1.29. The summed E-state index contributed by atoms with van der Waals surface area (Å²) in [4.78, 5) is 75.9. The van der Waals surface area contributed by atoms with Gasteiger partial charge in [0.15, 0.2) is 5.82 Å². The average molecular weight is 1010 g/mol. The zero-order valence-corrected chi connectivity index (χ0v) is 42.3. The number of piperazine rings is 1. The maximum absolute atomic E-state index is 17.0. The summed E-state index contributed by atoms with van der Waals surface area (Å²) in [7, 11) is 0. The Morgan fingerprint density at radius 1 is 0.973 bits per heavy atom. The van der Waals surface area contributed by atoms with Crippen LogP contribution >= 0.6 is 0 Å². The van der Waals surface area contributed by atoms with Crippen LogP contribution in [0.5, 0.6) is 11.8 Å². The topological polar surface area (TPSA) is 185 Å². The summed E-state index contributed by atoms with van der Waals surface area (Å²) in [6.45, 7) is 13.1. The molecule has 0 bridgehead atoms. The third-order valence-corrected chi connectivity index (χ3v) is 16.0. The Hall–Kier alpha value is -6.81. The third-order valence-electron chi connectivity index (χ3n) is 16.0. The van der Waals surface area contributed by atoms with E-state index in [1.807, 2.05) is 22.8 Å². The van der Waals surface area contributed by atoms with Gasteiger partial charge in [-0.2, -0.15) is 9.97 Å². The Morgan fingerprint density at radius 3 is 2.47 bits per heavy atom. The number of rotatable bonds is 11. The molecule has 18 heteroatoms. The standard InChI is InChI=1S/C56H63F2N9O7/c1-5-40-43(57)10-9-37-26-39(68)28-41(47(37)40)49-48(58)50-42(29-59-49)51(66-17-6-13-55(4,73)33-66)62-53(61-50)74-32-34(2)30-63-21-23-64(24-22-63)31-36-11-14-56(45(69)25-36)15-19-65(20-16-56)52(71)38-8-7-35(3)44(27-38)67-18-12-46(70)60-54(67)72/h1,7-10,26-29,34,36,68,73H,6,11-25,30-33H2,2-4H3,(H,60,70,72)/t34-,36?,55-/m1/s1. The van der Waals surface area contributed by atoms with Crippen molar-refractivity contribution in [1.29, 1.82) is 0 Å². The van der Waals surface area contributed by atoms with Crippen molar-refractivity contribution in [1.82, 2.24) is 35.0 Å². The molecule has 3 aromatic carbocycles. The molecule has 1 unspecified atom stereocenters. The number of carbonyl (C=O) groups is 4. The lowest BCUT2D eigenvalue weighted by molar-refractivity contribution is -0.136. The number of imide groups is 1. The molecule has 388 valence electrons. The predicted molar refractivity (Wildman–Crippen MR) is 276 cm³/mol. The average Bonchev–Trinajstić information content (AvgIpc) is 3.38. The second-order valence-electron chi connectivity index (χ2n) is 21.6. The van der Waals surface area contributed by atoms with E-state index in [0.29, 0.717) is 85.4 Å². The highest BCUT2D eigenvalue weighted by molar-refractivity contribution is 6.07. The molecule has 4 aliphatic heterocycles. The van der Waals surface area contributed by atoms with Crippen molar-refractivity contribution >= 4 is 56.8 Å².